The lowest BCUT2D eigenvalue weighted by molar-refractivity contribution is -0.384. The molecule has 0 fully saturated rings. The molecule has 1 heterocycles. The SMILES string of the molecule is NS(=O)(=O)c1ccccc1-c1ccc(C(=O)Cc2ccc([N+](=O)[O-])cc2CC(=O)Nc2ccc(Cl)cn2)cc1. The number of nitrogens with two attached hydrogens (primary N) is 1. The van der Waals surface area contributed by atoms with E-state index in [0.717, 1.165) is 0 Å². The minimum atomic E-state index is -3.95. The Morgan fingerprint density at radius 1 is 0.949 bits per heavy atom. The van der Waals surface area contributed by atoms with Crippen molar-refractivity contribution >= 4 is 44.8 Å². The number of halogens is 1. The average molecular weight is 565 g/mol. The number of sulfonamides is 1. The van der Waals surface area contributed by atoms with Crippen LogP contribution in [0.4, 0.5) is 11.5 Å². The number of benzene rings is 3. The van der Waals surface area contributed by atoms with Crippen molar-refractivity contribution in [1.82, 2.24) is 4.98 Å². The van der Waals surface area contributed by atoms with Gasteiger partial charge in [0, 0.05) is 35.9 Å². The van der Waals surface area contributed by atoms with Crippen LogP contribution in [0.2, 0.25) is 5.02 Å². The summed E-state index contributed by atoms with van der Waals surface area (Å²) >= 11 is 5.81. The van der Waals surface area contributed by atoms with Crippen LogP contribution in [0.15, 0.2) is 90.0 Å². The summed E-state index contributed by atoms with van der Waals surface area (Å²) in [6.45, 7) is 0. The number of aromatic nitrogens is 1. The molecule has 0 spiro atoms. The molecule has 0 aliphatic carbocycles. The van der Waals surface area contributed by atoms with E-state index in [-0.39, 0.29) is 35.0 Å². The standard InChI is InChI=1S/C27H21ClN4O6S/c28-21-10-12-26(30-16-21)31-27(34)15-20-13-22(32(35)36)11-9-19(20)14-24(33)18-7-5-17(6-8-18)23-3-1-2-4-25(23)39(29,37)38/h1-13,16H,14-15H2,(H2,29,37,38)(H,30,31,34). The molecule has 1 aromatic heterocycles. The fourth-order valence-corrected chi connectivity index (χ4v) is 4.81. The van der Waals surface area contributed by atoms with Crippen molar-refractivity contribution in [2.24, 2.45) is 5.14 Å². The first-order valence-electron chi connectivity index (χ1n) is 11.4. The Balaban J connectivity index is 1.55. The predicted octanol–water partition coefficient (Wildman–Crippen LogP) is 4.56. The van der Waals surface area contributed by atoms with Crippen LogP contribution < -0.4 is 10.5 Å². The second-order valence-corrected chi connectivity index (χ2v) is 10.5. The minimum absolute atomic E-state index is 0.0355. The number of anilines is 1. The number of hydrogen-bond acceptors (Lipinski definition) is 7. The van der Waals surface area contributed by atoms with Gasteiger partial charge in [-0.25, -0.2) is 18.5 Å². The lowest BCUT2D eigenvalue weighted by Crippen LogP contribution is -2.17. The number of ketones is 1. The first-order chi connectivity index (χ1) is 18.5. The van der Waals surface area contributed by atoms with E-state index in [4.69, 9.17) is 16.7 Å². The number of carbonyl (C=O) groups is 2. The molecular formula is C27H21ClN4O6S. The molecule has 3 N–H and O–H groups in total. The zero-order valence-corrected chi connectivity index (χ0v) is 21.8. The normalized spacial score (nSPS) is 11.1. The van der Waals surface area contributed by atoms with E-state index < -0.39 is 20.9 Å². The molecule has 3 aromatic carbocycles. The molecule has 39 heavy (non-hydrogen) atoms. The highest BCUT2D eigenvalue weighted by Gasteiger charge is 2.18. The van der Waals surface area contributed by atoms with Gasteiger partial charge < -0.3 is 5.32 Å². The predicted molar refractivity (Wildman–Crippen MR) is 146 cm³/mol. The Bertz CT molecular complexity index is 1670. The molecule has 0 aliphatic rings. The van der Waals surface area contributed by atoms with Gasteiger partial charge in [0.25, 0.3) is 5.69 Å². The van der Waals surface area contributed by atoms with Gasteiger partial charge in [0.1, 0.15) is 5.82 Å². The van der Waals surface area contributed by atoms with Crippen molar-refractivity contribution in [3.05, 3.63) is 117 Å². The summed E-state index contributed by atoms with van der Waals surface area (Å²) in [6, 6.07) is 19.7. The highest BCUT2D eigenvalue weighted by molar-refractivity contribution is 7.89. The monoisotopic (exact) mass is 564 g/mol. The number of nitro benzene ring substituents is 1. The Hall–Kier alpha value is -4.45. The first kappa shape index (κ1) is 27.6. The Morgan fingerprint density at radius 3 is 2.31 bits per heavy atom. The van der Waals surface area contributed by atoms with Gasteiger partial charge in [-0.3, -0.25) is 19.7 Å². The van der Waals surface area contributed by atoms with Gasteiger partial charge in [-0.1, -0.05) is 60.1 Å². The van der Waals surface area contributed by atoms with Crippen LogP contribution in [-0.4, -0.2) is 30.0 Å². The second-order valence-electron chi connectivity index (χ2n) is 8.52. The molecule has 10 nitrogen and oxygen atoms in total. The van der Waals surface area contributed by atoms with Crippen molar-refractivity contribution in [3.63, 3.8) is 0 Å². The second kappa shape index (κ2) is 11.5. The Kier molecular flexibility index (Phi) is 8.15. The van der Waals surface area contributed by atoms with Crippen LogP contribution >= 0.6 is 11.6 Å². The van der Waals surface area contributed by atoms with Gasteiger partial charge in [-0.2, -0.15) is 0 Å². The summed E-state index contributed by atoms with van der Waals surface area (Å²) in [5.74, 6) is -0.510. The molecule has 0 saturated carbocycles. The van der Waals surface area contributed by atoms with Gasteiger partial charge in [-0.15, -0.1) is 0 Å². The van der Waals surface area contributed by atoms with Crippen LogP contribution in [0.25, 0.3) is 11.1 Å². The molecule has 0 bridgehead atoms. The molecule has 1 amide bonds. The number of nitro groups is 1. The van der Waals surface area contributed by atoms with Gasteiger partial charge in [0.2, 0.25) is 15.9 Å². The molecule has 0 aliphatic heterocycles. The largest absolute Gasteiger partial charge is 0.310 e. The maximum Gasteiger partial charge on any atom is 0.269 e. The maximum atomic E-state index is 13.1. The smallest absolute Gasteiger partial charge is 0.269 e. The Labute approximate surface area is 228 Å². The zero-order chi connectivity index (χ0) is 28.2. The van der Waals surface area contributed by atoms with Crippen LogP contribution in [0.5, 0.6) is 0 Å². The van der Waals surface area contributed by atoms with E-state index in [2.05, 4.69) is 10.3 Å². The third-order valence-electron chi connectivity index (χ3n) is 5.81. The van der Waals surface area contributed by atoms with Gasteiger partial charge >= 0.3 is 0 Å². The lowest BCUT2D eigenvalue weighted by atomic mass is 9.95. The summed E-state index contributed by atoms with van der Waals surface area (Å²) in [7, 11) is -3.95. The fraction of sp³-hybridized carbons (Fsp3) is 0.0741. The van der Waals surface area contributed by atoms with E-state index in [1.54, 1.807) is 48.5 Å². The highest BCUT2D eigenvalue weighted by Crippen LogP contribution is 2.27. The molecule has 4 rings (SSSR count). The van der Waals surface area contributed by atoms with Crippen molar-refractivity contribution in [2.45, 2.75) is 17.7 Å². The van der Waals surface area contributed by atoms with Crippen LogP contribution in [0, 0.1) is 10.1 Å². The number of nitrogens with one attached hydrogen (secondary N) is 1. The third kappa shape index (κ3) is 6.90. The molecule has 4 aromatic rings. The van der Waals surface area contributed by atoms with E-state index in [1.807, 2.05) is 0 Å². The van der Waals surface area contributed by atoms with E-state index in [1.165, 1.54) is 36.5 Å². The number of primary sulfonamides is 1. The van der Waals surface area contributed by atoms with Crippen LogP contribution in [0.3, 0.4) is 0 Å². The van der Waals surface area contributed by atoms with Gasteiger partial charge in [0.15, 0.2) is 5.78 Å². The van der Waals surface area contributed by atoms with Gasteiger partial charge in [-0.05, 0) is 34.9 Å². The summed E-state index contributed by atoms with van der Waals surface area (Å²) in [4.78, 5) is 40.4. The molecule has 0 unspecified atom stereocenters. The van der Waals surface area contributed by atoms with Crippen molar-refractivity contribution in [1.29, 1.82) is 0 Å². The lowest BCUT2D eigenvalue weighted by Gasteiger charge is -2.11. The molecular weight excluding hydrogens is 544 g/mol. The summed E-state index contributed by atoms with van der Waals surface area (Å²) in [5.41, 5.74) is 1.86. The zero-order valence-electron chi connectivity index (χ0n) is 20.2. The van der Waals surface area contributed by atoms with Crippen molar-refractivity contribution in [2.75, 3.05) is 5.32 Å². The number of carbonyl (C=O) groups excluding carboxylic acids is 2. The number of nitrogens with zero attached hydrogens (tertiary/aromatic N) is 2. The van der Waals surface area contributed by atoms with Crippen molar-refractivity contribution < 1.29 is 22.9 Å². The topological polar surface area (TPSA) is 162 Å². The number of non-ortho nitro benzene ring substituents is 1. The molecule has 0 saturated heterocycles. The average Bonchev–Trinajstić information content (AvgIpc) is 2.90. The number of Topliss-reactive ketones (excluding diaryl/α,β-unsaturated/α-hetero) is 1. The molecule has 12 heteroatoms. The minimum Gasteiger partial charge on any atom is -0.310 e. The van der Waals surface area contributed by atoms with Gasteiger partial charge in [0.05, 0.1) is 21.3 Å². The third-order valence-corrected chi connectivity index (χ3v) is 7.00. The molecule has 0 radical (unpaired) electrons. The number of pyridine rings is 1. The quantitative estimate of drug-likeness (QED) is 0.171. The summed E-state index contributed by atoms with van der Waals surface area (Å²) in [5, 5.41) is 19.6. The van der Waals surface area contributed by atoms with E-state index >= 15 is 0 Å². The summed E-state index contributed by atoms with van der Waals surface area (Å²) in [6.07, 6.45) is 1.03. The maximum absolute atomic E-state index is 13.1. The van der Waals surface area contributed by atoms with Crippen LogP contribution in [-0.2, 0) is 27.7 Å². The Morgan fingerprint density at radius 2 is 1.67 bits per heavy atom. The molecule has 198 valence electrons. The number of hydrogen-bond donors (Lipinski definition) is 2. The van der Waals surface area contributed by atoms with Crippen LogP contribution in [0.1, 0.15) is 21.5 Å². The summed E-state index contributed by atoms with van der Waals surface area (Å²) < 4.78 is 23.9. The van der Waals surface area contributed by atoms with E-state index in [0.29, 0.717) is 32.8 Å². The first-order valence-corrected chi connectivity index (χ1v) is 13.4. The number of amides is 1. The highest BCUT2D eigenvalue weighted by atomic mass is 35.5. The number of rotatable bonds is 9. The molecule has 0 atom stereocenters. The van der Waals surface area contributed by atoms with E-state index in [9.17, 15) is 28.1 Å². The van der Waals surface area contributed by atoms with Crippen molar-refractivity contribution in [3.8, 4) is 11.1 Å². The fourth-order valence-electron chi connectivity index (χ4n) is 3.94.